The lowest BCUT2D eigenvalue weighted by atomic mass is 10.2. The smallest absolute Gasteiger partial charge is 0.247 e. The fraction of sp³-hybridized carbons (Fsp3) is 0. The largest absolute Gasteiger partial charge is 0.253 e. The highest BCUT2D eigenvalue weighted by Crippen LogP contribution is 2.18. The summed E-state index contributed by atoms with van der Waals surface area (Å²) in [6.07, 6.45) is 23.8. The van der Waals surface area contributed by atoms with Crippen LogP contribution in [0.25, 0.3) is 12.4 Å². The monoisotopic (exact) mass is 298 g/mol. The second-order valence-corrected chi connectivity index (χ2v) is 5.52. The molecule has 0 radical (unpaired) electrons. The van der Waals surface area contributed by atoms with Gasteiger partial charge in [0.25, 0.3) is 6.33 Å². The Labute approximate surface area is 132 Å². The molecule has 1 aromatic heterocycles. The van der Waals surface area contributed by atoms with E-state index in [1.165, 1.54) is 0 Å². The van der Waals surface area contributed by atoms with E-state index >= 15 is 0 Å². The van der Waals surface area contributed by atoms with E-state index < -0.39 is 0 Å². The molecule has 108 valence electrons. The molecule has 0 unspecified atom stereocenters. The van der Waals surface area contributed by atoms with Crippen molar-refractivity contribution in [1.29, 1.82) is 0 Å². The molecule has 0 aliphatic carbocycles. The van der Waals surface area contributed by atoms with Gasteiger partial charge in [0.2, 0.25) is 0 Å². The number of nitrogens with zero attached hydrogens (tertiary/aromatic N) is 5. The van der Waals surface area contributed by atoms with E-state index in [1.54, 1.807) is 0 Å². The number of aliphatic imine (C=N–C) groups is 3. The molecule has 1 aromatic rings. The highest BCUT2D eigenvalue weighted by Gasteiger charge is 2.15. The quantitative estimate of drug-likeness (QED) is 0.660. The normalized spacial score (nSPS) is 20.3. The number of aromatic nitrogens is 2. The SMILES string of the molecule is C1=CC2=NC1=C[n+]1ccn(c1)C=C1C=CC(=N1)C1=NC(=C2)C=C1. The number of fused-ring (bicyclic) bond motifs is 6. The van der Waals surface area contributed by atoms with Crippen molar-refractivity contribution in [3.8, 4) is 0 Å². The van der Waals surface area contributed by atoms with Crippen molar-refractivity contribution in [2.75, 3.05) is 0 Å². The molecule has 0 amide bonds. The van der Waals surface area contributed by atoms with E-state index in [4.69, 9.17) is 0 Å². The maximum absolute atomic E-state index is 4.63. The second kappa shape index (κ2) is 4.58. The minimum absolute atomic E-state index is 0.881. The highest BCUT2D eigenvalue weighted by atomic mass is 15.1. The maximum atomic E-state index is 4.63. The van der Waals surface area contributed by atoms with Crippen molar-refractivity contribution in [1.82, 2.24) is 4.57 Å². The lowest BCUT2D eigenvalue weighted by Crippen LogP contribution is -2.22. The minimum atomic E-state index is 0.881. The van der Waals surface area contributed by atoms with E-state index in [0.29, 0.717) is 0 Å². The van der Waals surface area contributed by atoms with Crippen LogP contribution in [0.5, 0.6) is 0 Å². The summed E-state index contributed by atoms with van der Waals surface area (Å²) in [7, 11) is 0. The van der Waals surface area contributed by atoms with Crippen LogP contribution in [0.4, 0.5) is 0 Å². The Balaban J connectivity index is 1.70. The van der Waals surface area contributed by atoms with Crippen molar-refractivity contribution in [2.24, 2.45) is 15.0 Å². The summed E-state index contributed by atoms with van der Waals surface area (Å²) >= 11 is 0. The summed E-state index contributed by atoms with van der Waals surface area (Å²) in [4.78, 5) is 13.8. The van der Waals surface area contributed by atoms with Crippen molar-refractivity contribution < 1.29 is 4.57 Å². The first kappa shape index (κ1) is 12.2. The molecular weight excluding hydrogens is 286 g/mol. The van der Waals surface area contributed by atoms with Crippen molar-refractivity contribution >= 4 is 29.5 Å². The third-order valence-electron chi connectivity index (χ3n) is 3.80. The molecule has 8 bridgehead atoms. The molecule has 0 atom stereocenters. The van der Waals surface area contributed by atoms with Crippen LogP contribution in [-0.4, -0.2) is 21.7 Å². The zero-order valence-corrected chi connectivity index (χ0v) is 12.2. The first-order chi connectivity index (χ1) is 11.3. The van der Waals surface area contributed by atoms with Gasteiger partial charge in [-0.25, -0.2) is 24.1 Å². The Hall–Kier alpha value is -3.34. The zero-order chi connectivity index (χ0) is 15.2. The molecule has 4 aliphatic rings. The van der Waals surface area contributed by atoms with E-state index in [-0.39, 0.29) is 0 Å². The molecule has 5 heterocycles. The Morgan fingerprint density at radius 2 is 1.57 bits per heavy atom. The van der Waals surface area contributed by atoms with E-state index in [9.17, 15) is 0 Å². The van der Waals surface area contributed by atoms with Crippen molar-refractivity contribution in [3.63, 3.8) is 0 Å². The molecule has 0 aromatic carbocycles. The van der Waals surface area contributed by atoms with E-state index in [2.05, 4.69) is 15.0 Å². The molecule has 0 saturated carbocycles. The van der Waals surface area contributed by atoms with Gasteiger partial charge in [-0.05, 0) is 42.5 Å². The Bertz CT molecular complexity index is 1000. The van der Waals surface area contributed by atoms with Gasteiger partial charge in [-0.15, -0.1) is 0 Å². The fourth-order valence-electron chi connectivity index (χ4n) is 2.73. The highest BCUT2D eigenvalue weighted by molar-refractivity contribution is 6.52. The lowest BCUT2D eigenvalue weighted by Gasteiger charge is -1.93. The summed E-state index contributed by atoms with van der Waals surface area (Å²) in [5, 5.41) is 0. The van der Waals surface area contributed by atoms with Crippen molar-refractivity contribution in [2.45, 2.75) is 0 Å². The van der Waals surface area contributed by atoms with E-state index in [1.807, 2.05) is 82.8 Å². The van der Waals surface area contributed by atoms with Crippen LogP contribution in [0.3, 0.4) is 0 Å². The minimum Gasteiger partial charge on any atom is -0.247 e. The molecule has 5 heteroatoms. The van der Waals surface area contributed by atoms with Gasteiger partial charge in [0.05, 0.1) is 22.8 Å². The Morgan fingerprint density at radius 3 is 2.48 bits per heavy atom. The predicted octanol–water partition coefficient (Wildman–Crippen LogP) is 2.30. The van der Waals surface area contributed by atoms with Crippen molar-refractivity contribution in [3.05, 3.63) is 78.3 Å². The zero-order valence-electron chi connectivity index (χ0n) is 12.2. The van der Waals surface area contributed by atoms with Crippen LogP contribution in [-0.2, 0) is 0 Å². The number of hydrogen-bond acceptors (Lipinski definition) is 3. The van der Waals surface area contributed by atoms with Crippen LogP contribution in [0.1, 0.15) is 0 Å². The van der Waals surface area contributed by atoms with Gasteiger partial charge in [-0.2, -0.15) is 0 Å². The summed E-state index contributed by atoms with van der Waals surface area (Å²) in [5.41, 5.74) is 5.37. The van der Waals surface area contributed by atoms with Gasteiger partial charge in [0.1, 0.15) is 36.2 Å². The van der Waals surface area contributed by atoms with Crippen LogP contribution in [0, 0.1) is 0 Å². The van der Waals surface area contributed by atoms with E-state index in [0.717, 1.165) is 34.2 Å². The number of allylic oxidation sites excluding steroid dienone is 7. The third kappa shape index (κ3) is 2.19. The number of imidazole rings is 1. The molecule has 0 spiro atoms. The average molecular weight is 298 g/mol. The predicted molar refractivity (Wildman–Crippen MR) is 91.0 cm³/mol. The molecule has 23 heavy (non-hydrogen) atoms. The van der Waals surface area contributed by atoms with Crippen LogP contribution in [0.15, 0.2) is 93.3 Å². The van der Waals surface area contributed by atoms with Gasteiger partial charge in [-0.3, -0.25) is 0 Å². The van der Waals surface area contributed by atoms with Crippen LogP contribution in [0.2, 0.25) is 0 Å². The van der Waals surface area contributed by atoms with Gasteiger partial charge >= 0.3 is 0 Å². The maximum Gasteiger partial charge on any atom is 0.253 e. The van der Waals surface area contributed by atoms with Gasteiger partial charge in [0, 0.05) is 0 Å². The number of hydrogen-bond donors (Lipinski definition) is 0. The molecule has 0 N–H and O–H groups in total. The summed E-state index contributed by atoms with van der Waals surface area (Å²) in [6.45, 7) is 0. The fourth-order valence-corrected chi connectivity index (χ4v) is 2.73. The van der Waals surface area contributed by atoms with Gasteiger partial charge in [0.15, 0.2) is 0 Å². The standard InChI is InChI=1S/C18H12N5/c1-2-15-10-22-7-8-23(12-22)11-16-4-6-18(21-16)17-5-3-14(20-17)9-13(1)19-15/h1-12H/q+1. The Morgan fingerprint density at radius 1 is 0.783 bits per heavy atom. The molecule has 5 rings (SSSR count). The topological polar surface area (TPSA) is 45.9 Å². The molecule has 5 nitrogen and oxygen atoms in total. The molecule has 4 aliphatic heterocycles. The number of rotatable bonds is 0. The summed E-state index contributed by atoms with van der Waals surface area (Å²) in [5.74, 6) is 0. The molecule has 0 fully saturated rings. The van der Waals surface area contributed by atoms with Crippen LogP contribution < -0.4 is 4.57 Å². The summed E-state index contributed by atoms with van der Waals surface area (Å²) in [6, 6.07) is 0. The van der Waals surface area contributed by atoms with Crippen LogP contribution >= 0.6 is 0 Å². The first-order valence-corrected chi connectivity index (χ1v) is 7.36. The first-order valence-electron chi connectivity index (χ1n) is 7.36. The molecule has 0 saturated heterocycles. The Kier molecular flexibility index (Phi) is 2.43. The molecular formula is C18H12N5+. The second-order valence-electron chi connectivity index (χ2n) is 5.52. The third-order valence-corrected chi connectivity index (χ3v) is 3.80. The lowest BCUT2D eigenvalue weighted by molar-refractivity contribution is -0.567. The van der Waals surface area contributed by atoms with Gasteiger partial charge < -0.3 is 0 Å². The average Bonchev–Trinajstić information content (AvgIpc) is 3.28. The summed E-state index contributed by atoms with van der Waals surface area (Å²) < 4.78 is 3.95. The van der Waals surface area contributed by atoms with Gasteiger partial charge in [-0.1, -0.05) is 0 Å².